The second-order valence-corrected chi connectivity index (χ2v) is 7.37. The first kappa shape index (κ1) is 16.5. The maximum Gasteiger partial charge on any atom is 0.222 e. The Bertz CT molecular complexity index is 494. The zero-order valence-corrected chi connectivity index (χ0v) is 14.1. The minimum atomic E-state index is 0.355. The summed E-state index contributed by atoms with van der Waals surface area (Å²) in [5, 5.41) is 0. The van der Waals surface area contributed by atoms with E-state index in [1.807, 2.05) is 6.07 Å². The zero-order chi connectivity index (χ0) is 16.1. The van der Waals surface area contributed by atoms with E-state index in [0.29, 0.717) is 30.2 Å². The van der Waals surface area contributed by atoms with Gasteiger partial charge in [0.25, 0.3) is 0 Å². The molecule has 0 aromatic heterocycles. The topological polar surface area (TPSA) is 46.3 Å². The van der Waals surface area contributed by atoms with Crippen LogP contribution in [0.25, 0.3) is 0 Å². The number of benzene rings is 1. The highest BCUT2D eigenvalue weighted by Gasteiger charge is 2.35. The van der Waals surface area contributed by atoms with E-state index in [4.69, 9.17) is 5.73 Å². The van der Waals surface area contributed by atoms with Crippen LogP contribution in [0.5, 0.6) is 0 Å². The summed E-state index contributed by atoms with van der Waals surface area (Å²) in [4.78, 5) is 14.8. The predicted octanol–water partition coefficient (Wildman–Crippen LogP) is 3.55. The molecule has 1 aromatic rings. The average Bonchev–Trinajstić information content (AvgIpc) is 2.87. The lowest BCUT2D eigenvalue weighted by Crippen LogP contribution is -2.31. The fourth-order valence-electron chi connectivity index (χ4n) is 4.34. The Hall–Kier alpha value is -1.35. The second-order valence-electron chi connectivity index (χ2n) is 7.37. The Kier molecular flexibility index (Phi) is 5.71. The summed E-state index contributed by atoms with van der Waals surface area (Å²) in [5.74, 6) is 1.76. The van der Waals surface area contributed by atoms with Gasteiger partial charge < -0.3 is 10.6 Å². The largest absolute Gasteiger partial charge is 0.342 e. The van der Waals surface area contributed by atoms with Crippen molar-refractivity contribution in [1.82, 2.24) is 4.90 Å². The number of carbonyl (C=O) groups is 1. The van der Waals surface area contributed by atoms with E-state index >= 15 is 0 Å². The number of nitrogens with zero attached hydrogens (tertiary/aromatic N) is 1. The van der Waals surface area contributed by atoms with Crippen molar-refractivity contribution in [1.29, 1.82) is 0 Å². The maximum atomic E-state index is 12.7. The molecule has 3 nitrogen and oxygen atoms in total. The molecule has 1 heterocycles. The molecule has 2 atom stereocenters. The number of carbonyl (C=O) groups excluding carboxylic acids is 1. The smallest absolute Gasteiger partial charge is 0.222 e. The predicted molar refractivity (Wildman–Crippen MR) is 94.1 cm³/mol. The molecule has 3 heteroatoms. The molecule has 0 radical (unpaired) electrons. The van der Waals surface area contributed by atoms with Crippen molar-refractivity contribution >= 4 is 5.91 Å². The molecule has 2 aliphatic rings. The fraction of sp³-hybridized carbons (Fsp3) is 0.650. The minimum Gasteiger partial charge on any atom is -0.342 e. The van der Waals surface area contributed by atoms with E-state index in [9.17, 15) is 4.79 Å². The van der Waals surface area contributed by atoms with E-state index in [1.165, 1.54) is 44.1 Å². The molecule has 1 aromatic carbocycles. The molecule has 0 spiro atoms. The van der Waals surface area contributed by atoms with E-state index in [0.717, 1.165) is 19.5 Å². The zero-order valence-electron chi connectivity index (χ0n) is 14.1. The van der Waals surface area contributed by atoms with Crippen LogP contribution in [0.4, 0.5) is 0 Å². The number of hydrogen-bond acceptors (Lipinski definition) is 2. The SMILES string of the molecule is NC[C@@H]1CN(C(=O)CC2CCCCCC2)C[C@H]1c1ccccc1. The van der Waals surface area contributed by atoms with Gasteiger partial charge in [0.15, 0.2) is 0 Å². The molecule has 2 N–H and O–H groups in total. The molecule has 23 heavy (non-hydrogen) atoms. The van der Waals surface area contributed by atoms with Crippen LogP contribution in [-0.4, -0.2) is 30.4 Å². The molecule has 1 amide bonds. The Morgan fingerprint density at radius 2 is 1.74 bits per heavy atom. The van der Waals surface area contributed by atoms with Crippen molar-refractivity contribution < 1.29 is 4.79 Å². The van der Waals surface area contributed by atoms with Crippen molar-refractivity contribution in [3.05, 3.63) is 35.9 Å². The second kappa shape index (κ2) is 7.96. The number of rotatable bonds is 4. The third-order valence-corrected chi connectivity index (χ3v) is 5.76. The average molecular weight is 314 g/mol. The molecular formula is C20H30N2O. The van der Waals surface area contributed by atoms with Crippen LogP contribution in [0.3, 0.4) is 0 Å². The van der Waals surface area contributed by atoms with Crippen LogP contribution < -0.4 is 5.73 Å². The van der Waals surface area contributed by atoms with Crippen LogP contribution >= 0.6 is 0 Å². The lowest BCUT2D eigenvalue weighted by atomic mass is 9.89. The van der Waals surface area contributed by atoms with Gasteiger partial charge in [-0.15, -0.1) is 0 Å². The summed E-state index contributed by atoms with van der Waals surface area (Å²) in [5.41, 5.74) is 7.32. The van der Waals surface area contributed by atoms with Gasteiger partial charge in [-0.25, -0.2) is 0 Å². The van der Waals surface area contributed by atoms with E-state index in [-0.39, 0.29) is 0 Å². The minimum absolute atomic E-state index is 0.355. The molecule has 1 saturated carbocycles. The molecule has 1 saturated heterocycles. The van der Waals surface area contributed by atoms with Gasteiger partial charge in [0.2, 0.25) is 5.91 Å². The highest BCUT2D eigenvalue weighted by atomic mass is 16.2. The monoisotopic (exact) mass is 314 g/mol. The highest BCUT2D eigenvalue weighted by Crippen LogP contribution is 2.33. The summed E-state index contributed by atoms with van der Waals surface area (Å²) in [6.07, 6.45) is 8.52. The summed E-state index contributed by atoms with van der Waals surface area (Å²) in [6.45, 7) is 2.34. The third kappa shape index (κ3) is 4.14. The number of hydrogen-bond donors (Lipinski definition) is 1. The summed E-state index contributed by atoms with van der Waals surface area (Å²) in [7, 11) is 0. The first-order valence-electron chi connectivity index (χ1n) is 9.30. The van der Waals surface area contributed by atoms with E-state index < -0.39 is 0 Å². The van der Waals surface area contributed by atoms with Crippen molar-refractivity contribution in [2.75, 3.05) is 19.6 Å². The van der Waals surface area contributed by atoms with E-state index in [1.54, 1.807) is 0 Å². The molecule has 1 aliphatic heterocycles. The maximum absolute atomic E-state index is 12.7. The normalized spacial score (nSPS) is 26.2. The van der Waals surface area contributed by atoms with Crippen molar-refractivity contribution in [3.63, 3.8) is 0 Å². The number of nitrogens with two attached hydrogens (primary N) is 1. The Morgan fingerprint density at radius 1 is 1.04 bits per heavy atom. The van der Waals surface area contributed by atoms with Crippen LogP contribution in [0, 0.1) is 11.8 Å². The van der Waals surface area contributed by atoms with Crippen LogP contribution in [0.15, 0.2) is 30.3 Å². The van der Waals surface area contributed by atoms with Gasteiger partial charge in [-0.3, -0.25) is 4.79 Å². The summed E-state index contributed by atoms with van der Waals surface area (Å²) in [6, 6.07) is 10.6. The molecule has 0 bridgehead atoms. The first-order chi connectivity index (χ1) is 11.3. The van der Waals surface area contributed by atoms with Crippen LogP contribution in [0.2, 0.25) is 0 Å². The molecule has 1 aliphatic carbocycles. The quantitative estimate of drug-likeness (QED) is 0.864. The Balaban J connectivity index is 1.61. The molecule has 2 fully saturated rings. The molecule has 126 valence electrons. The standard InChI is InChI=1S/C20H30N2O/c21-13-18-14-22(15-19(18)17-10-6-3-7-11-17)20(23)12-16-8-4-1-2-5-9-16/h3,6-7,10-11,16,18-19H,1-2,4-5,8-9,12-15,21H2/t18-,19+/m1/s1. The Morgan fingerprint density at radius 3 is 2.39 bits per heavy atom. The van der Waals surface area contributed by atoms with Crippen LogP contribution in [-0.2, 0) is 4.79 Å². The molecule has 0 unspecified atom stereocenters. The highest BCUT2D eigenvalue weighted by molar-refractivity contribution is 5.77. The Labute approximate surface area is 140 Å². The van der Waals surface area contributed by atoms with Crippen molar-refractivity contribution in [2.45, 2.75) is 50.9 Å². The molecular weight excluding hydrogens is 284 g/mol. The van der Waals surface area contributed by atoms with Gasteiger partial charge in [-0.2, -0.15) is 0 Å². The van der Waals surface area contributed by atoms with Gasteiger partial charge in [0.05, 0.1) is 0 Å². The lowest BCUT2D eigenvalue weighted by molar-refractivity contribution is -0.131. The van der Waals surface area contributed by atoms with E-state index in [2.05, 4.69) is 29.2 Å². The van der Waals surface area contributed by atoms with Gasteiger partial charge in [0.1, 0.15) is 0 Å². The first-order valence-corrected chi connectivity index (χ1v) is 9.30. The van der Waals surface area contributed by atoms with Gasteiger partial charge >= 0.3 is 0 Å². The van der Waals surface area contributed by atoms with Gasteiger partial charge in [-0.1, -0.05) is 56.0 Å². The van der Waals surface area contributed by atoms with Gasteiger partial charge in [-0.05, 0) is 36.8 Å². The number of amides is 1. The summed E-state index contributed by atoms with van der Waals surface area (Å²) >= 11 is 0. The lowest BCUT2D eigenvalue weighted by Gasteiger charge is -2.20. The summed E-state index contributed by atoms with van der Waals surface area (Å²) < 4.78 is 0. The third-order valence-electron chi connectivity index (χ3n) is 5.76. The molecule has 3 rings (SSSR count). The fourth-order valence-corrected chi connectivity index (χ4v) is 4.34. The van der Waals surface area contributed by atoms with Gasteiger partial charge in [0, 0.05) is 25.4 Å². The van der Waals surface area contributed by atoms with Crippen LogP contribution in [0.1, 0.15) is 56.4 Å². The van der Waals surface area contributed by atoms with Crippen molar-refractivity contribution in [2.24, 2.45) is 17.6 Å². The van der Waals surface area contributed by atoms with Crippen molar-refractivity contribution in [3.8, 4) is 0 Å². The number of likely N-dealkylation sites (tertiary alicyclic amines) is 1.